The first-order chi connectivity index (χ1) is 17.5. The summed E-state index contributed by atoms with van der Waals surface area (Å²) in [5, 5.41) is 2.84. The summed E-state index contributed by atoms with van der Waals surface area (Å²) in [7, 11) is 0. The highest BCUT2D eigenvalue weighted by Crippen LogP contribution is 2.47. The van der Waals surface area contributed by atoms with Crippen LogP contribution < -0.4 is 5.32 Å². The summed E-state index contributed by atoms with van der Waals surface area (Å²) < 4.78 is 80.3. The Morgan fingerprint density at radius 2 is 1.24 bits per heavy atom. The fraction of sp³-hybridized carbons (Fsp3) is 0.963. The van der Waals surface area contributed by atoms with Crippen LogP contribution in [0.5, 0.6) is 0 Å². The van der Waals surface area contributed by atoms with Crippen molar-refractivity contribution in [1.82, 2.24) is 15.1 Å². The van der Waals surface area contributed by atoms with Crippen molar-refractivity contribution in [2.45, 2.75) is 108 Å². The first-order valence-electron chi connectivity index (χ1n) is 14.4. The number of halogens is 6. The molecule has 214 valence electrons. The fourth-order valence-electron chi connectivity index (χ4n) is 7.44. The first-order valence-corrected chi connectivity index (χ1v) is 14.4. The number of hydrogen-bond acceptors (Lipinski definition) is 3. The summed E-state index contributed by atoms with van der Waals surface area (Å²) in [6, 6.07) is 0.265. The zero-order valence-corrected chi connectivity index (χ0v) is 21.8. The van der Waals surface area contributed by atoms with E-state index >= 15 is 0 Å². The molecule has 0 aromatic carbocycles. The van der Waals surface area contributed by atoms with Gasteiger partial charge in [-0.15, -0.1) is 0 Å². The normalized spacial score (nSPS) is 31.2. The van der Waals surface area contributed by atoms with Gasteiger partial charge in [0, 0.05) is 38.8 Å². The monoisotopic (exact) mass is 539 g/mol. The average molecular weight is 540 g/mol. The molecule has 1 amide bonds. The van der Waals surface area contributed by atoms with Gasteiger partial charge in [0.05, 0.1) is 17.9 Å². The summed E-state index contributed by atoms with van der Waals surface area (Å²) in [5.41, 5.74) is 0. The van der Waals surface area contributed by atoms with Gasteiger partial charge in [-0.05, 0) is 56.8 Å². The number of carbonyl (C=O) groups excluding carboxylic acids is 1. The van der Waals surface area contributed by atoms with Crippen LogP contribution in [0.3, 0.4) is 0 Å². The number of carbonyl (C=O) groups is 1. The molecule has 3 atom stereocenters. The third-order valence-corrected chi connectivity index (χ3v) is 9.49. The molecule has 10 heteroatoms. The maximum absolute atomic E-state index is 13.5. The Morgan fingerprint density at radius 1 is 0.730 bits per heavy atom. The highest BCUT2D eigenvalue weighted by atomic mass is 19.4. The van der Waals surface area contributed by atoms with Crippen LogP contribution in [0.4, 0.5) is 26.3 Å². The van der Waals surface area contributed by atoms with Crippen molar-refractivity contribution in [2.75, 3.05) is 32.7 Å². The molecule has 4 nitrogen and oxygen atoms in total. The number of piperazine rings is 1. The van der Waals surface area contributed by atoms with Gasteiger partial charge in [0.1, 0.15) is 0 Å². The van der Waals surface area contributed by atoms with Crippen LogP contribution in [-0.4, -0.2) is 72.9 Å². The quantitative estimate of drug-likeness (QED) is 0.411. The second-order valence-electron chi connectivity index (χ2n) is 12.0. The molecule has 1 N–H and O–H groups in total. The molecular formula is C27H43F6N3O. The minimum atomic E-state index is -4.66. The molecule has 3 saturated carbocycles. The third kappa shape index (κ3) is 7.76. The molecule has 4 fully saturated rings. The standard InChI is InChI=1S/C27H43F6N3O/c28-26(29,30)21-15-19(16-22(17-21)27(31,32)33)18-34-25(37)24(20-7-3-1-4-8-20)36-13-11-35(12-14-36)23-9-5-2-6-10-23/h19-24H,1-18H2,(H,34,37). The Bertz CT molecular complexity index is 703. The van der Waals surface area contributed by atoms with Gasteiger partial charge in [-0.2, -0.15) is 26.3 Å². The Labute approximate surface area is 216 Å². The zero-order valence-electron chi connectivity index (χ0n) is 21.8. The maximum atomic E-state index is 13.5. The average Bonchev–Trinajstić information content (AvgIpc) is 2.88. The number of alkyl halides is 6. The van der Waals surface area contributed by atoms with Gasteiger partial charge >= 0.3 is 12.4 Å². The molecule has 37 heavy (non-hydrogen) atoms. The van der Waals surface area contributed by atoms with Crippen LogP contribution in [0, 0.1) is 23.7 Å². The molecule has 0 bridgehead atoms. The SMILES string of the molecule is O=C(NCC1CC(C(F)(F)F)CC(C(F)(F)F)C1)C(C1CCCCC1)N1CCN(C2CCCCC2)CC1. The summed E-state index contributed by atoms with van der Waals surface area (Å²) in [6.45, 7) is 3.25. The van der Waals surface area contributed by atoms with Gasteiger partial charge in [0.15, 0.2) is 0 Å². The number of hydrogen-bond donors (Lipinski definition) is 1. The van der Waals surface area contributed by atoms with Crippen molar-refractivity contribution in [3.8, 4) is 0 Å². The zero-order chi connectivity index (χ0) is 26.6. The predicted molar refractivity (Wildman–Crippen MR) is 130 cm³/mol. The van der Waals surface area contributed by atoms with Crippen molar-refractivity contribution < 1.29 is 31.1 Å². The fourth-order valence-corrected chi connectivity index (χ4v) is 7.44. The highest BCUT2D eigenvalue weighted by molar-refractivity contribution is 5.82. The van der Waals surface area contributed by atoms with Crippen LogP contribution >= 0.6 is 0 Å². The topological polar surface area (TPSA) is 35.6 Å². The van der Waals surface area contributed by atoms with E-state index in [1.165, 1.54) is 32.1 Å². The van der Waals surface area contributed by atoms with Crippen molar-refractivity contribution in [3.63, 3.8) is 0 Å². The lowest BCUT2D eigenvalue weighted by Crippen LogP contribution is -2.59. The number of rotatable bonds is 6. The van der Waals surface area contributed by atoms with E-state index < -0.39 is 36.5 Å². The van der Waals surface area contributed by atoms with E-state index in [0.29, 0.717) is 6.04 Å². The van der Waals surface area contributed by atoms with Crippen molar-refractivity contribution >= 4 is 5.91 Å². The summed E-state index contributed by atoms with van der Waals surface area (Å²) in [6.07, 6.45) is 0.484. The van der Waals surface area contributed by atoms with Gasteiger partial charge in [0.25, 0.3) is 0 Å². The van der Waals surface area contributed by atoms with Gasteiger partial charge < -0.3 is 5.32 Å². The van der Waals surface area contributed by atoms with Crippen molar-refractivity contribution in [2.24, 2.45) is 23.7 Å². The Balaban J connectivity index is 1.38. The summed E-state index contributed by atoms with van der Waals surface area (Å²) in [5.74, 6) is -4.80. The van der Waals surface area contributed by atoms with Crippen molar-refractivity contribution in [1.29, 1.82) is 0 Å². The van der Waals surface area contributed by atoms with E-state index in [1.54, 1.807) is 0 Å². The van der Waals surface area contributed by atoms with Crippen LogP contribution in [0.1, 0.15) is 83.5 Å². The van der Waals surface area contributed by atoms with Gasteiger partial charge in [-0.1, -0.05) is 38.5 Å². The van der Waals surface area contributed by atoms with Gasteiger partial charge in [-0.25, -0.2) is 0 Å². The molecule has 0 aromatic rings. The molecule has 0 spiro atoms. The molecule has 0 radical (unpaired) electrons. The van der Waals surface area contributed by atoms with Gasteiger partial charge in [0.2, 0.25) is 5.91 Å². The molecule has 3 unspecified atom stereocenters. The molecule has 3 aliphatic carbocycles. The lowest BCUT2D eigenvalue weighted by molar-refractivity contribution is -0.228. The molecular weight excluding hydrogens is 496 g/mol. The smallest absolute Gasteiger partial charge is 0.354 e. The van der Waals surface area contributed by atoms with Crippen LogP contribution in [0.2, 0.25) is 0 Å². The second-order valence-corrected chi connectivity index (χ2v) is 12.0. The lowest BCUT2D eigenvalue weighted by Gasteiger charge is -2.45. The van der Waals surface area contributed by atoms with E-state index in [-0.39, 0.29) is 37.3 Å². The predicted octanol–water partition coefficient (Wildman–Crippen LogP) is 6.16. The van der Waals surface area contributed by atoms with Gasteiger partial charge in [-0.3, -0.25) is 14.6 Å². The van der Waals surface area contributed by atoms with Crippen LogP contribution in [0.25, 0.3) is 0 Å². The molecule has 4 aliphatic rings. The van der Waals surface area contributed by atoms with Crippen LogP contribution in [-0.2, 0) is 4.79 Å². The summed E-state index contributed by atoms with van der Waals surface area (Å²) >= 11 is 0. The largest absolute Gasteiger partial charge is 0.391 e. The second kappa shape index (κ2) is 12.4. The molecule has 0 aromatic heterocycles. The highest BCUT2D eigenvalue weighted by Gasteiger charge is 2.52. The maximum Gasteiger partial charge on any atom is 0.391 e. The molecule has 1 aliphatic heterocycles. The number of nitrogens with one attached hydrogen (secondary N) is 1. The molecule has 1 saturated heterocycles. The Hall–Kier alpha value is -1.03. The summed E-state index contributed by atoms with van der Waals surface area (Å²) in [4.78, 5) is 18.3. The van der Waals surface area contributed by atoms with E-state index in [4.69, 9.17) is 0 Å². The van der Waals surface area contributed by atoms with Crippen LogP contribution in [0.15, 0.2) is 0 Å². The Morgan fingerprint density at radius 3 is 1.76 bits per heavy atom. The molecule has 4 rings (SSSR count). The first kappa shape index (κ1) is 29.0. The van der Waals surface area contributed by atoms with E-state index in [9.17, 15) is 31.1 Å². The Kier molecular flexibility index (Phi) is 9.73. The number of amides is 1. The van der Waals surface area contributed by atoms with E-state index in [1.807, 2.05) is 0 Å². The molecule has 1 heterocycles. The minimum absolute atomic E-state index is 0.122. The third-order valence-electron chi connectivity index (χ3n) is 9.49. The number of nitrogens with zero attached hydrogens (tertiary/aromatic N) is 2. The van der Waals surface area contributed by atoms with E-state index in [0.717, 1.165) is 58.3 Å². The van der Waals surface area contributed by atoms with Crippen molar-refractivity contribution in [3.05, 3.63) is 0 Å². The lowest BCUT2D eigenvalue weighted by atomic mass is 9.74. The minimum Gasteiger partial charge on any atom is -0.354 e. The van der Waals surface area contributed by atoms with E-state index in [2.05, 4.69) is 15.1 Å².